The van der Waals surface area contributed by atoms with Crippen LogP contribution in [0.1, 0.15) is 19.8 Å². The Hall–Kier alpha value is -1.15. The second-order valence-electron chi connectivity index (χ2n) is 4.63. The lowest BCUT2D eigenvalue weighted by molar-refractivity contribution is 0.313. The molecular formula is C16H21OS+. The third-order valence-electron chi connectivity index (χ3n) is 3.04. The Morgan fingerprint density at radius 3 is 2.39 bits per heavy atom. The standard InChI is InChI=1S/C16H21OS/c1-4-5-12-17-15-10-11-16(18(2)3)14-9-7-6-8-13(14)15/h6-11H,4-5,12H2,1-3H3/q+1. The van der Waals surface area contributed by atoms with Gasteiger partial charge in [-0.1, -0.05) is 31.5 Å². The van der Waals surface area contributed by atoms with Gasteiger partial charge in [-0.25, -0.2) is 0 Å². The van der Waals surface area contributed by atoms with Crippen LogP contribution in [-0.2, 0) is 10.9 Å². The quantitative estimate of drug-likeness (QED) is 0.577. The third-order valence-corrected chi connectivity index (χ3v) is 4.27. The Kier molecular flexibility index (Phi) is 4.54. The molecule has 2 aromatic rings. The van der Waals surface area contributed by atoms with Crippen molar-refractivity contribution in [1.29, 1.82) is 0 Å². The first-order valence-corrected chi connectivity index (χ1v) is 8.50. The highest BCUT2D eigenvalue weighted by molar-refractivity contribution is 7.95. The first kappa shape index (κ1) is 13.3. The summed E-state index contributed by atoms with van der Waals surface area (Å²) in [6, 6.07) is 12.9. The van der Waals surface area contributed by atoms with Gasteiger partial charge in [-0.15, -0.1) is 0 Å². The topological polar surface area (TPSA) is 9.23 Å². The molecule has 0 fully saturated rings. The summed E-state index contributed by atoms with van der Waals surface area (Å²) in [5.41, 5.74) is 0. The molecule has 18 heavy (non-hydrogen) atoms. The van der Waals surface area contributed by atoms with Crippen LogP contribution in [0, 0.1) is 0 Å². The van der Waals surface area contributed by atoms with Crippen LogP contribution >= 0.6 is 0 Å². The first-order valence-electron chi connectivity index (χ1n) is 6.46. The van der Waals surface area contributed by atoms with Crippen molar-refractivity contribution >= 4 is 21.7 Å². The number of hydrogen-bond donors (Lipinski definition) is 0. The van der Waals surface area contributed by atoms with Gasteiger partial charge in [0.2, 0.25) is 0 Å². The highest BCUT2D eigenvalue weighted by atomic mass is 32.2. The van der Waals surface area contributed by atoms with Crippen LogP contribution in [0.3, 0.4) is 0 Å². The Balaban J connectivity index is 2.41. The van der Waals surface area contributed by atoms with Crippen LogP contribution in [0.2, 0.25) is 0 Å². The Morgan fingerprint density at radius 2 is 1.72 bits per heavy atom. The molecule has 0 saturated heterocycles. The van der Waals surface area contributed by atoms with Crippen molar-refractivity contribution < 1.29 is 4.74 Å². The molecule has 2 rings (SSSR count). The zero-order chi connectivity index (χ0) is 13.0. The van der Waals surface area contributed by atoms with E-state index >= 15 is 0 Å². The highest BCUT2D eigenvalue weighted by Crippen LogP contribution is 2.31. The number of benzene rings is 2. The molecule has 0 bridgehead atoms. The molecule has 0 heterocycles. The second-order valence-corrected chi connectivity index (χ2v) is 6.70. The van der Waals surface area contributed by atoms with Crippen molar-refractivity contribution in [2.24, 2.45) is 0 Å². The summed E-state index contributed by atoms with van der Waals surface area (Å²) in [6.45, 7) is 2.99. The fourth-order valence-corrected chi connectivity index (χ4v) is 3.01. The summed E-state index contributed by atoms with van der Waals surface area (Å²) in [4.78, 5) is 1.42. The van der Waals surface area contributed by atoms with Gasteiger partial charge in [-0.2, -0.15) is 0 Å². The molecule has 0 unspecified atom stereocenters. The van der Waals surface area contributed by atoms with E-state index in [1.54, 1.807) is 0 Å². The molecule has 0 aliphatic carbocycles. The van der Waals surface area contributed by atoms with E-state index in [1.165, 1.54) is 22.1 Å². The van der Waals surface area contributed by atoms with Crippen molar-refractivity contribution in [1.82, 2.24) is 0 Å². The minimum atomic E-state index is 0.275. The monoisotopic (exact) mass is 261 g/mol. The molecule has 0 radical (unpaired) electrons. The Morgan fingerprint density at radius 1 is 1.00 bits per heavy atom. The minimum Gasteiger partial charge on any atom is -0.493 e. The average molecular weight is 261 g/mol. The molecule has 0 aliphatic heterocycles. The predicted octanol–water partition coefficient (Wildman–Crippen LogP) is 4.26. The van der Waals surface area contributed by atoms with Gasteiger partial charge >= 0.3 is 0 Å². The zero-order valence-corrected chi connectivity index (χ0v) is 12.2. The second kappa shape index (κ2) is 6.14. The average Bonchev–Trinajstić information content (AvgIpc) is 2.38. The molecule has 96 valence electrons. The van der Waals surface area contributed by atoms with E-state index in [1.807, 2.05) is 0 Å². The maximum Gasteiger partial charge on any atom is 0.162 e. The van der Waals surface area contributed by atoms with E-state index in [2.05, 4.69) is 55.8 Å². The van der Waals surface area contributed by atoms with Crippen LogP contribution in [0.25, 0.3) is 10.8 Å². The Bertz CT molecular complexity index is 519. The number of ether oxygens (including phenoxy) is 1. The lowest BCUT2D eigenvalue weighted by Crippen LogP contribution is -2.00. The van der Waals surface area contributed by atoms with E-state index in [0.29, 0.717) is 0 Å². The van der Waals surface area contributed by atoms with Gasteiger partial charge in [0.1, 0.15) is 18.3 Å². The van der Waals surface area contributed by atoms with Gasteiger partial charge in [0, 0.05) is 21.7 Å². The van der Waals surface area contributed by atoms with E-state index in [0.717, 1.165) is 18.8 Å². The molecule has 1 nitrogen and oxygen atoms in total. The summed E-state index contributed by atoms with van der Waals surface area (Å²) in [5, 5.41) is 2.58. The fourth-order valence-electron chi connectivity index (χ4n) is 2.05. The fraction of sp³-hybridized carbons (Fsp3) is 0.375. The van der Waals surface area contributed by atoms with E-state index < -0.39 is 0 Å². The van der Waals surface area contributed by atoms with E-state index in [9.17, 15) is 0 Å². The number of unbranched alkanes of at least 4 members (excludes halogenated alkanes) is 1. The maximum absolute atomic E-state index is 5.90. The van der Waals surface area contributed by atoms with Crippen molar-refractivity contribution in [2.75, 3.05) is 19.1 Å². The molecule has 2 heteroatoms. The zero-order valence-electron chi connectivity index (χ0n) is 11.4. The number of hydrogen-bond acceptors (Lipinski definition) is 1. The molecule has 0 aromatic heterocycles. The SMILES string of the molecule is CCCCOc1ccc([S+](C)C)c2ccccc12. The molecule has 0 N–H and O–H groups in total. The molecule has 0 aliphatic rings. The largest absolute Gasteiger partial charge is 0.493 e. The third kappa shape index (κ3) is 2.81. The molecular weight excluding hydrogens is 240 g/mol. The smallest absolute Gasteiger partial charge is 0.162 e. The maximum atomic E-state index is 5.90. The first-order chi connectivity index (χ1) is 8.74. The van der Waals surface area contributed by atoms with Crippen LogP contribution in [0.4, 0.5) is 0 Å². The van der Waals surface area contributed by atoms with E-state index in [-0.39, 0.29) is 10.9 Å². The van der Waals surface area contributed by atoms with Gasteiger partial charge in [-0.05, 0) is 24.6 Å². The summed E-state index contributed by atoms with van der Waals surface area (Å²) in [5.74, 6) is 1.02. The summed E-state index contributed by atoms with van der Waals surface area (Å²) >= 11 is 0. The van der Waals surface area contributed by atoms with Crippen molar-refractivity contribution in [3.8, 4) is 5.75 Å². The highest BCUT2D eigenvalue weighted by Gasteiger charge is 2.15. The van der Waals surface area contributed by atoms with Crippen LogP contribution in [0.5, 0.6) is 5.75 Å². The number of fused-ring (bicyclic) bond motifs is 1. The number of rotatable bonds is 5. The van der Waals surface area contributed by atoms with Gasteiger partial charge in [-0.3, -0.25) is 0 Å². The molecule has 0 atom stereocenters. The van der Waals surface area contributed by atoms with Crippen LogP contribution in [0.15, 0.2) is 41.3 Å². The molecule has 2 aromatic carbocycles. The predicted molar refractivity (Wildman–Crippen MR) is 81.8 cm³/mol. The molecule has 0 amide bonds. The van der Waals surface area contributed by atoms with Gasteiger partial charge in [0.15, 0.2) is 4.90 Å². The molecule has 0 spiro atoms. The van der Waals surface area contributed by atoms with Crippen molar-refractivity contribution in [3.63, 3.8) is 0 Å². The van der Waals surface area contributed by atoms with Gasteiger partial charge < -0.3 is 4.74 Å². The van der Waals surface area contributed by atoms with Crippen molar-refractivity contribution in [3.05, 3.63) is 36.4 Å². The van der Waals surface area contributed by atoms with Crippen LogP contribution < -0.4 is 4.74 Å². The van der Waals surface area contributed by atoms with Gasteiger partial charge in [0.25, 0.3) is 0 Å². The minimum absolute atomic E-state index is 0.275. The summed E-state index contributed by atoms with van der Waals surface area (Å²) in [6.07, 6.45) is 6.81. The molecule has 0 saturated carbocycles. The van der Waals surface area contributed by atoms with Crippen molar-refractivity contribution in [2.45, 2.75) is 24.7 Å². The lowest BCUT2D eigenvalue weighted by Gasteiger charge is -2.10. The summed E-state index contributed by atoms with van der Waals surface area (Å²) < 4.78 is 5.90. The Labute approximate surface area is 113 Å². The van der Waals surface area contributed by atoms with Gasteiger partial charge in [0.05, 0.1) is 6.61 Å². The normalized spacial score (nSPS) is 11.1. The van der Waals surface area contributed by atoms with E-state index in [4.69, 9.17) is 4.74 Å². The summed E-state index contributed by atoms with van der Waals surface area (Å²) in [7, 11) is 0.275. The lowest BCUT2D eigenvalue weighted by atomic mass is 10.1. The van der Waals surface area contributed by atoms with Crippen LogP contribution in [-0.4, -0.2) is 19.1 Å².